The van der Waals surface area contributed by atoms with Crippen molar-refractivity contribution in [3.05, 3.63) is 34.8 Å². The second-order valence-electron chi connectivity index (χ2n) is 4.22. The SMILES string of the molecule is CCCc1nc(-c2ccc(O)cc2)sc1CNC. The van der Waals surface area contributed by atoms with Gasteiger partial charge in [-0.3, -0.25) is 0 Å². The van der Waals surface area contributed by atoms with Crippen molar-refractivity contribution in [1.82, 2.24) is 10.3 Å². The first-order chi connectivity index (χ1) is 8.74. The summed E-state index contributed by atoms with van der Waals surface area (Å²) in [5.74, 6) is 0.291. The zero-order chi connectivity index (χ0) is 13.0. The van der Waals surface area contributed by atoms with Crippen LogP contribution in [0.1, 0.15) is 23.9 Å². The van der Waals surface area contributed by atoms with Crippen LogP contribution in [0.5, 0.6) is 5.75 Å². The lowest BCUT2D eigenvalue weighted by Crippen LogP contribution is -2.05. The van der Waals surface area contributed by atoms with Gasteiger partial charge in [-0.2, -0.15) is 0 Å². The Kier molecular flexibility index (Phi) is 4.33. The number of phenolic OH excluding ortho intramolecular Hbond substituents is 1. The van der Waals surface area contributed by atoms with Gasteiger partial charge >= 0.3 is 0 Å². The zero-order valence-corrected chi connectivity index (χ0v) is 11.5. The molecule has 18 heavy (non-hydrogen) atoms. The molecule has 1 aromatic heterocycles. The summed E-state index contributed by atoms with van der Waals surface area (Å²) in [6.45, 7) is 3.04. The Labute approximate surface area is 112 Å². The standard InChI is InChI=1S/C14H18N2OS/c1-3-4-12-13(9-15-2)18-14(16-12)10-5-7-11(17)8-6-10/h5-8,15,17H,3-4,9H2,1-2H3. The van der Waals surface area contributed by atoms with E-state index in [-0.39, 0.29) is 0 Å². The van der Waals surface area contributed by atoms with E-state index in [1.165, 1.54) is 10.6 Å². The van der Waals surface area contributed by atoms with Gasteiger partial charge in [0.15, 0.2) is 0 Å². The summed E-state index contributed by atoms with van der Waals surface area (Å²) >= 11 is 1.73. The lowest BCUT2D eigenvalue weighted by atomic mass is 10.2. The second kappa shape index (κ2) is 5.98. The van der Waals surface area contributed by atoms with Gasteiger partial charge in [0.1, 0.15) is 10.8 Å². The fraction of sp³-hybridized carbons (Fsp3) is 0.357. The Balaban J connectivity index is 2.33. The van der Waals surface area contributed by atoms with Crippen molar-refractivity contribution < 1.29 is 5.11 Å². The molecular formula is C14H18N2OS. The molecule has 0 spiro atoms. The second-order valence-corrected chi connectivity index (χ2v) is 5.30. The van der Waals surface area contributed by atoms with Crippen LogP contribution in [0.15, 0.2) is 24.3 Å². The third-order valence-corrected chi connectivity index (χ3v) is 3.86. The number of aryl methyl sites for hydroxylation is 1. The number of rotatable bonds is 5. The van der Waals surface area contributed by atoms with E-state index < -0.39 is 0 Å². The van der Waals surface area contributed by atoms with Gasteiger partial charge in [0, 0.05) is 17.0 Å². The minimum atomic E-state index is 0.291. The monoisotopic (exact) mass is 262 g/mol. The largest absolute Gasteiger partial charge is 0.508 e. The first-order valence-corrected chi connectivity index (χ1v) is 6.98. The molecule has 0 amide bonds. The van der Waals surface area contributed by atoms with Crippen LogP contribution in [-0.2, 0) is 13.0 Å². The molecule has 0 aliphatic rings. The molecule has 1 heterocycles. The van der Waals surface area contributed by atoms with Gasteiger partial charge in [-0.05, 0) is 37.7 Å². The molecule has 96 valence electrons. The summed E-state index contributed by atoms with van der Waals surface area (Å²) in [6, 6.07) is 7.22. The molecular weight excluding hydrogens is 244 g/mol. The maximum Gasteiger partial charge on any atom is 0.123 e. The average molecular weight is 262 g/mol. The molecule has 0 radical (unpaired) electrons. The Morgan fingerprint density at radius 1 is 1.28 bits per heavy atom. The summed E-state index contributed by atoms with van der Waals surface area (Å²) in [6.07, 6.45) is 2.13. The van der Waals surface area contributed by atoms with Crippen LogP contribution in [0.4, 0.5) is 0 Å². The van der Waals surface area contributed by atoms with Crippen molar-refractivity contribution in [3.8, 4) is 16.3 Å². The molecule has 0 unspecified atom stereocenters. The third kappa shape index (κ3) is 2.89. The molecule has 0 bridgehead atoms. The van der Waals surface area contributed by atoms with Crippen LogP contribution in [0.25, 0.3) is 10.6 Å². The fourth-order valence-electron chi connectivity index (χ4n) is 1.84. The molecule has 0 saturated carbocycles. The van der Waals surface area contributed by atoms with E-state index in [1.807, 2.05) is 19.2 Å². The van der Waals surface area contributed by atoms with Crippen molar-refractivity contribution in [1.29, 1.82) is 0 Å². The molecule has 3 nitrogen and oxygen atoms in total. The van der Waals surface area contributed by atoms with Crippen molar-refractivity contribution in [2.45, 2.75) is 26.3 Å². The van der Waals surface area contributed by atoms with E-state index in [4.69, 9.17) is 4.98 Å². The molecule has 1 aromatic carbocycles. The lowest BCUT2D eigenvalue weighted by molar-refractivity contribution is 0.475. The molecule has 0 atom stereocenters. The number of nitrogens with zero attached hydrogens (tertiary/aromatic N) is 1. The maximum atomic E-state index is 9.30. The van der Waals surface area contributed by atoms with E-state index in [0.29, 0.717) is 5.75 Å². The van der Waals surface area contributed by atoms with Crippen LogP contribution in [0.3, 0.4) is 0 Å². The van der Waals surface area contributed by atoms with Crippen LogP contribution in [0.2, 0.25) is 0 Å². The highest BCUT2D eigenvalue weighted by Gasteiger charge is 2.11. The number of nitrogens with one attached hydrogen (secondary N) is 1. The number of aromatic hydroxyl groups is 1. The number of thiazole rings is 1. The van der Waals surface area contributed by atoms with E-state index in [0.717, 1.165) is 30.0 Å². The summed E-state index contributed by atoms with van der Waals surface area (Å²) < 4.78 is 0. The Hall–Kier alpha value is -1.39. The summed E-state index contributed by atoms with van der Waals surface area (Å²) in [4.78, 5) is 6.02. The van der Waals surface area contributed by atoms with Gasteiger partial charge in [0.2, 0.25) is 0 Å². The van der Waals surface area contributed by atoms with E-state index in [2.05, 4.69) is 12.2 Å². The van der Waals surface area contributed by atoms with Crippen molar-refractivity contribution >= 4 is 11.3 Å². The summed E-state index contributed by atoms with van der Waals surface area (Å²) in [5, 5.41) is 13.5. The molecule has 2 rings (SSSR count). The van der Waals surface area contributed by atoms with Gasteiger partial charge in [-0.15, -0.1) is 11.3 Å². The van der Waals surface area contributed by atoms with Gasteiger partial charge in [0.25, 0.3) is 0 Å². The number of benzene rings is 1. The molecule has 0 saturated heterocycles. The van der Waals surface area contributed by atoms with Crippen LogP contribution in [-0.4, -0.2) is 17.1 Å². The molecule has 4 heteroatoms. The highest BCUT2D eigenvalue weighted by atomic mass is 32.1. The van der Waals surface area contributed by atoms with Crippen LogP contribution >= 0.6 is 11.3 Å². The van der Waals surface area contributed by atoms with E-state index >= 15 is 0 Å². The van der Waals surface area contributed by atoms with Crippen molar-refractivity contribution in [3.63, 3.8) is 0 Å². The van der Waals surface area contributed by atoms with Gasteiger partial charge in [-0.25, -0.2) is 4.98 Å². The van der Waals surface area contributed by atoms with E-state index in [9.17, 15) is 5.11 Å². The molecule has 0 aliphatic heterocycles. The highest BCUT2D eigenvalue weighted by molar-refractivity contribution is 7.15. The number of phenols is 1. The minimum Gasteiger partial charge on any atom is -0.508 e. The van der Waals surface area contributed by atoms with Crippen LogP contribution < -0.4 is 5.32 Å². The summed E-state index contributed by atoms with van der Waals surface area (Å²) in [5.41, 5.74) is 2.26. The Morgan fingerprint density at radius 2 is 2.00 bits per heavy atom. The third-order valence-electron chi connectivity index (χ3n) is 2.72. The topological polar surface area (TPSA) is 45.2 Å². The van der Waals surface area contributed by atoms with Crippen molar-refractivity contribution in [2.75, 3.05) is 7.05 Å². The Morgan fingerprint density at radius 3 is 2.61 bits per heavy atom. The van der Waals surface area contributed by atoms with E-state index in [1.54, 1.807) is 23.5 Å². The predicted molar refractivity (Wildman–Crippen MR) is 76.0 cm³/mol. The first-order valence-electron chi connectivity index (χ1n) is 6.17. The zero-order valence-electron chi connectivity index (χ0n) is 10.7. The average Bonchev–Trinajstić information content (AvgIpc) is 2.75. The molecule has 0 fully saturated rings. The van der Waals surface area contributed by atoms with Gasteiger partial charge in [-0.1, -0.05) is 13.3 Å². The normalized spacial score (nSPS) is 10.8. The van der Waals surface area contributed by atoms with Gasteiger partial charge in [0.05, 0.1) is 5.69 Å². The Bertz CT molecular complexity index is 482. The van der Waals surface area contributed by atoms with Crippen molar-refractivity contribution in [2.24, 2.45) is 0 Å². The lowest BCUT2D eigenvalue weighted by Gasteiger charge is -1.98. The highest BCUT2D eigenvalue weighted by Crippen LogP contribution is 2.29. The first kappa shape index (κ1) is 13.1. The number of aromatic nitrogens is 1. The number of hydrogen-bond donors (Lipinski definition) is 2. The maximum absolute atomic E-state index is 9.30. The molecule has 2 N–H and O–H groups in total. The minimum absolute atomic E-state index is 0.291. The van der Waals surface area contributed by atoms with Gasteiger partial charge < -0.3 is 10.4 Å². The summed E-state index contributed by atoms with van der Waals surface area (Å²) in [7, 11) is 1.95. The fourth-order valence-corrected chi connectivity index (χ4v) is 2.97. The number of hydrogen-bond acceptors (Lipinski definition) is 4. The molecule has 0 aliphatic carbocycles. The quantitative estimate of drug-likeness (QED) is 0.870. The predicted octanol–water partition coefficient (Wildman–Crippen LogP) is 3.19. The van der Waals surface area contributed by atoms with Crippen LogP contribution in [0, 0.1) is 0 Å². The molecule has 2 aromatic rings. The smallest absolute Gasteiger partial charge is 0.123 e.